The number of benzene rings is 1. The molecular weight excluding hydrogens is 326 g/mol. The van der Waals surface area contributed by atoms with E-state index in [4.69, 9.17) is 14.2 Å². The maximum absolute atomic E-state index is 12.0. The van der Waals surface area contributed by atoms with Crippen LogP contribution >= 0.6 is 0 Å². The molecule has 1 aromatic carbocycles. The second-order valence-electron chi connectivity index (χ2n) is 6.61. The highest BCUT2D eigenvalue weighted by Crippen LogP contribution is 2.32. The molecule has 3 N–H and O–H groups in total. The number of nitrogens with one attached hydrogen (secondary N) is 2. The van der Waals surface area contributed by atoms with Crippen LogP contribution in [-0.4, -0.2) is 67.8 Å². The van der Waals surface area contributed by atoms with Crippen LogP contribution in [0.2, 0.25) is 0 Å². The fraction of sp³-hybridized carbons (Fsp3) is 0.588. The van der Waals surface area contributed by atoms with Crippen molar-refractivity contribution in [2.45, 2.75) is 19.1 Å². The van der Waals surface area contributed by atoms with Gasteiger partial charge in [0, 0.05) is 32.7 Å². The summed E-state index contributed by atoms with van der Waals surface area (Å²) in [7, 11) is 0. The number of aliphatic hydroxyl groups is 1. The van der Waals surface area contributed by atoms with Crippen LogP contribution in [0.15, 0.2) is 18.2 Å². The standard InChI is InChI=1S/C17H25N3O5/c1-17(22,11-20-4-6-23-7-5-20)10-19-16(21)18-9-13-2-3-14-15(8-13)25-12-24-14/h2-3,8,22H,4-7,9-12H2,1H3,(H2,18,19,21)/t17-/m1/s1. The number of amides is 2. The van der Waals surface area contributed by atoms with Gasteiger partial charge in [0.05, 0.1) is 18.8 Å². The normalized spacial score (nSPS) is 19.3. The molecule has 2 heterocycles. The molecule has 8 heteroatoms. The molecule has 3 rings (SSSR count). The molecule has 0 aromatic heterocycles. The van der Waals surface area contributed by atoms with Crippen molar-refractivity contribution in [3.8, 4) is 11.5 Å². The second kappa shape index (κ2) is 7.90. The summed E-state index contributed by atoms with van der Waals surface area (Å²) < 4.78 is 15.9. The van der Waals surface area contributed by atoms with Crippen molar-refractivity contribution in [2.75, 3.05) is 46.2 Å². The Morgan fingerprint density at radius 2 is 2.00 bits per heavy atom. The van der Waals surface area contributed by atoms with E-state index in [0.717, 1.165) is 18.7 Å². The number of morpholine rings is 1. The molecule has 25 heavy (non-hydrogen) atoms. The van der Waals surface area contributed by atoms with Crippen molar-refractivity contribution in [1.82, 2.24) is 15.5 Å². The zero-order chi connectivity index (χ0) is 17.7. The zero-order valence-corrected chi connectivity index (χ0v) is 14.4. The van der Waals surface area contributed by atoms with Gasteiger partial charge in [-0.15, -0.1) is 0 Å². The van der Waals surface area contributed by atoms with E-state index in [2.05, 4.69) is 15.5 Å². The minimum Gasteiger partial charge on any atom is -0.454 e. The highest BCUT2D eigenvalue weighted by atomic mass is 16.7. The van der Waals surface area contributed by atoms with E-state index in [0.29, 0.717) is 37.8 Å². The molecule has 0 radical (unpaired) electrons. The van der Waals surface area contributed by atoms with Gasteiger partial charge in [0.1, 0.15) is 0 Å². The van der Waals surface area contributed by atoms with Crippen molar-refractivity contribution in [3.63, 3.8) is 0 Å². The molecule has 2 amide bonds. The number of β-amino-alcohol motifs (C(OH)–C–C–N with tert-alkyl or cyclic N) is 1. The van der Waals surface area contributed by atoms with Crippen LogP contribution in [0.4, 0.5) is 4.79 Å². The first-order valence-electron chi connectivity index (χ1n) is 8.45. The summed E-state index contributed by atoms with van der Waals surface area (Å²) in [6.07, 6.45) is 0. The molecule has 0 bridgehead atoms. The van der Waals surface area contributed by atoms with E-state index < -0.39 is 5.60 Å². The number of rotatable bonds is 6. The lowest BCUT2D eigenvalue weighted by Gasteiger charge is -2.33. The summed E-state index contributed by atoms with van der Waals surface area (Å²) >= 11 is 0. The van der Waals surface area contributed by atoms with Crippen LogP contribution < -0.4 is 20.1 Å². The van der Waals surface area contributed by atoms with Crippen molar-refractivity contribution in [3.05, 3.63) is 23.8 Å². The van der Waals surface area contributed by atoms with Gasteiger partial charge in [-0.25, -0.2) is 4.79 Å². The number of urea groups is 1. The van der Waals surface area contributed by atoms with Crippen LogP contribution in [0.5, 0.6) is 11.5 Å². The molecule has 1 atom stereocenters. The van der Waals surface area contributed by atoms with Crippen LogP contribution in [0.25, 0.3) is 0 Å². The Bertz CT molecular complexity index is 602. The molecular formula is C17H25N3O5. The highest BCUT2D eigenvalue weighted by Gasteiger charge is 2.25. The van der Waals surface area contributed by atoms with Gasteiger partial charge in [-0.2, -0.15) is 0 Å². The van der Waals surface area contributed by atoms with Crippen molar-refractivity contribution in [1.29, 1.82) is 0 Å². The predicted molar refractivity (Wildman–Crippen MR) is 90.7 cm³/mol. The van der Waals surface area contributed by atoms with E-state index >= 15 is 0 Å². The van der Waals surface area contributed by atoms with E-state index in [-0.39, 0.29) is 19.4 Å². The minimum absolute atomic E-state index is 0.178. The number of hydrogen-bond acceptors (Lipinski definition) is 6. The molecule has 0 spiro atoms. The Balaban J connectivity index is 1.39. The van der Waals surface area contributed by atoms with E-state index in [9.17, 15) is 9.90 Å². The highest BCUT2D eigenvalue weighted by molar-refractivity contribution is 5.73. The molecule has 2 aliphatic heterocycles. The van der Waals surface area contributed by atoms with Gasteiger partial charge < -0.3 is 30.0 Å². The Morgan fingerprint density at radius 1 is 1.24 bits per heavy atom. The molecule has 138 valence electrons. The first-order valence-corrected chi connectivity index (χ1v) is 8.45. The molecule has 0 aliphatic carbocycles. The Kier molecular flexibility index (Phi) is 5.62. The van der Waals surface area contributed by atoms with Gasteiger partial charge >= 0.3 is 6.03 Å². The van der Waals surface area contributed by atoms with Gasteiger partial charge in [-0.3, -0.25) is 4.90 Å². The summed E-state index contributed by atoms with van der Waals surface area (Å²) in [6, 6.07) is 5.23. The first-order chi connectivity index (χ1) is 12.0. The average Bonchev–Trinajstić information content (AvgIpc) is 3.06. The van der Waals surface area contributed by atoms with Crippen molar-refractivity contribution < 1.29 is 24.1 Å². The average molecular weight is 351 g/mol. The molecule has 1 aromatic rings. The number of carbonyl (C=O) groups is 1. The quantitative estimate of drug-likeness (QED) is 0.683. The summed E-state index contributed by atoms with van der Waals surface area (Å²) in [6.45, 7) is 5.95. The van der Waals surface area contributed by atoms with Crippen molar-refractivity contribution >= 4 is 6.03 Å². The molecule has 2 aliphatic rings. The van der Waals surface area contributed by atoms with Gasteiger partial charge in [0.2, 0.25) is 6.79 Å². The van der Waals surface area contributed by atoms with E-state index in [1.54, 1.807) is 6.92 Å². The fourth-order valence-electron chi connectivity index (χ4n) is 2.86. The van der Waals surface area contributed by atoms with Gasteiger partial charge in [-0.1, -0.05) is 6.07 Å². The number of fused-ring (bicyclic) bond motifs is 1. The number of nitrogens with zero attached hydrogens (tertiary/aromatic N) is 1. The Hall–Kier alpha value is -2.03. The lowest BCUT2D eigenvalue weighted by Crippen LogP contribution is -2.52. The number of hydrogen-bond donors (Lipinski definition) is 3. The maximum atomic E-state index is 12.0. The topological polar surface area (TPSA) is 92.3 Å². The zero-order valence-electron chi connectivity index (χ0n) is 14.4. The largest absolute Gasteiger partial charge is 0.454 e. The SMILES string of the molecule is C[C@@](O)(CNC(=O)NCc1ccc2c(c1)OCO2)CN1CCOCC1. The molecule has 0 saturated carbocycles. The summed E-state index contributed by atoms with van der Waals surface area (Å²) in [4.78, 5) is 14.1. The Morgan fingerprint density at radius 3 is 2.80 bits per heavy atom. The van der Waals surface area contributed by atoms with Crippen LogP contribution in [0.1, 0.15) is 12.5 Å². The predicted octanol–water partition coefficient (Wildman–Crippen LogP) is 0.298. The first kappa shape index (κ1) is 17.8. The van der Waals surface area contributed by atoms with Gasteiger partial charge in [0.15, 0.2) is 11.5 Å². The number of ether oxygens (including phenoxy) is 3. The number of carbonyl (C=O) groups excluding carboxylic acids is 1. The van der Waals surface area contributed by atoms with Crippen LogP contribution in [0.3, 0.4) is 0 Å². The lowest BCUT2D eigenvalue weighted by atomic mass is 10.1. The second-order valence-corrected chi connectivity index (χ2v) is 6.61. The molecule has 1 fully saturated rings. The van der Waals surface area contributed by atoms with E-state index in [1.807, 2.05) is 18.2 Å². The summed E-state index contributed by atoms with van der Waals surface area (Å²) in [5, 5.41) is 15.9. The third kappa shape index (κ3) is 5.22. The maximum Gasteiger partial charge on any atom is 0.315 e. The molecule has 0 unspecified atom stereocenters. The fourth-order valence-corrected chi connectivity index (χ4v) is 2.86. The summed E-state index contributed by atoms with van der Waals surface area (Å²) in [5.74, 6) is 1.40. The Labute approximate surface area is 147 Å². The van der Waals surface area contributed by atoms with Crippen molar-refractivity contribution in [2.24, 2.45) is 0 Å². The molecule has 1 saturated heterocycles. The van der Waals surface area contributed by atoms with Crippen LogP contribution in [0, 0.1) is 0 Å². The van der Waals surface area contributed by atoms with E-state index in [1.165, 1.54) is 0 Å². The van der Waals surface area contributed by atoms with Gasteiger partial charge in [0.25, 0.3) is 0 Å². The molecule has 8 nitrogen and oxygen atoms in total. The third-order valence-corrected chi connectivity index (χ3v) is 4.19. The minimum atomic E-state index is -0.993. The monoisotopic (exact) mass is 351 g/mol. The lowest BCUT2D eigenvalue weighted by molar-refractivity contribution is -0.0206. The van der Waals surface area contributed by atoms with Crippen LogP contribution in [-0.2, 0) is 11.3 Å². The van der Waals surface area contributed by atoms with Gasteiger partial charge in [-0.05, 0) is 24.6 Å². The smallest absolute Gasteiger partial charge is 0.315 e. The summed E-state index contributed by atoms with van der Waals surface area (Å²) in [5.41, 5.74) is -0.0764. The third-order valence-electron chi connectivity index (χ3n) is 4.19.